The van der Waals surface area contributed by atoms with Gasteiger partial charge in [-0.3, -0.25) is 0 Å². The average molecular weight is 359 g/mol. The van der Waals surface area contributed by atoms with Crippen LogP contribution in [0.1, 0.15) is 24.8 Å². The maximum absolute atomic E-state index is 12.7. The Balaban J connectivity index is 1.28. The van der Waals surface area contributed by atoms with Gasteiger partial charge in [-0.1, -0.05) is 12.1 Å². The van der Waals surface area contributed by atoms with Crippen molar-refractivity contribution in [3.63, 3.8) is 0 Å². The van der Waals surface area contributed by atoms with E-state index in [1.165, 1.54) is 5.69 Å². The van der Waals surface area contributed by atoms with Crippen LogP contribution in [0.15, 0.2) is 24.3 Å². The number of morpholine rings is 1. The van der Waals surface area contributed by atoms with E-state index in [4.69, 9.17) is 9.47 Å². The number of benzene rings is 1. The van der Waals surface area contributed by atoms with E-state index in [9.17, 15) is 4.79 Å². The van der Waals surface area contributed by atoms with Gasteiger partial charge in [0.25, 0.3) is 0 Å². The number of nitrogens with one attached hydrogen (secondary N) is 1. The van der Waals surface area contributed by atoms with Crippen LogP contribution in [0.2, 0.25) is 0 Å². The highest BCUT2D eigenvalue weighted by molar-refractivity contribution is 5.75. The second-order valence-corrected chi connectivity index (χ2v) is 7.54. The zero-order valence-corrected chi connectivity index (χ0v) is 15.4. The van der Waals surface area contributed by atoms with Gasteiger partial charge in [0.05, 0.1) is 19.8 Å². The van der Waals surface area contributed by atoms with E-state index < -0.39 is 0 Å². The van der Waals surface area contributed by atoms with Crippen molar-refractivity contribution in [2.45, 2.75) is 31.8 Å². The SMILES string of the molecule is O=C(NCc1ccc(N2CCOCC2)cc1)N(CC1CCOC1)C1CC1. The lowest BCUT2D eigenvalue weighted by atomic mass is 10.1. The fraction of sp³-hybridized carbons (Fsp3) is 0.650. The van der Waals surface area contributed by atoms with Crippen LogP contribution < -0.4 is 10.2 Å². The Bertz CT molecular complexity index is 591. The number of amides is 2. The molecular weight excluding hydrogens is 330 g/mol. The number of hydrogen-bond acceptors (Lipinski definition) is 4. The minimum absolute atomic E-state index is 0.0663. The molecule has 6 heteroatoms. The molecule has 2 saturated heterocycles. The standard InChI is InChI=1S/C20H29N3O3/c24-20(23(19-5-6-19)14-17-7-10-26-15-17)21-13-16-1-3-18(4-2-16)22-8-11-25-12-9-22/h1-4,17,19H,5-15H2,(H,21,24). The second kappa shape index (κ2) is 8.27. The Morgan fingerprint density at radius 3 is 2.50 bits per heavy atom. The molecule has 1 saturated carbocycles. The van der Waals surface area contributed by atoms with E-state index in [2.05, 4.69) is 34.5 Å². The number of nitrogens with zero attached hydrogens (tertiary/aromatic N) is 2. The first-order chi connectivity index (χ1) is 12.8. The molecule has 1 aromatic carbocycles. The zero-order valence-electron chi connectivity index (χ0n) is 15.4. The summed E-state index contributed by atoms with van der Waals surface area (Å²) in [4.78, 5) is 17.0. The third-order valence-electron chi connectivity index (χ3n) is 5.48. The van der Waals surface area contributed by atoms with E-state index >= 15 is 0 Å². The van der Waals surface area contributed by atoms with Crippen molar-refractivity contribution in [3.8, 4) is 0 Å². The van der Waals surface area contributed by atoms with Crippen molar-refractivity contribution in [1.29, 1.82) is 0 Å². The van der Waals surface area contributed by atoms with Crippen LogP contribution in [-0.4, -0.2) is 63.0 Å². The number of carbonyl (C=O) groups excluding carboxylic acids is 1. The van der Waals surface area contributed by atoms with Gasteiger partial charge >= 0.3 is 6.03 Å². The lowest BCUT2D eigenvalue weighted by Gasteiger charge is -2.29. The Morgan fingerprint density at radius 2 is 1.85 bits per heavy atom. The van der Waals surface area contributed by atoms with Gasteiger partial charge in [-0.15, -0.1) is 0 Å². The molecule has 0 spiro atoms. The molecule has 4 rings (SSSR count). The summed E-state index contributed by atoms with van der Waals surface area (Å²) in [6, 6.07) is 8.99. The summed E-state index contributed by atoms with van der Waals surface area (Å²) in [5, 5.41) is 3.11. The summed E-state index contributed by atoms with van der Waals surface area (Å²) < 4.78 is 10.9. The molecule has 1 unspecified atom stereocenters. The first kappa shape index (κ1) is 17.6. The normalized spacial score (nSPS) is 23.1. The van der Waals surface area contributed by atoms with Crippen molar-refractivity contribution >= 4 is 11.7 Å². The van der Waals surface area contributed by atoms with E-state index in [0.717, 1.165) is 70.9 Å². The van der Waals surface area contributed by atoms with Gasteiger partial charge < -0.3 is 24.6 Å². The summed E-state index contributed by atoms with van der Waals surface area (Å²) in [6.45, 7) is 6.50. The van der Waals surface area contributed by atoms with Gasteiger partial charge in [0.2, 0.25) is 0 Å². The summed E-state index contributed by atoms with van der Waals surface area (Å²) in [5.74, 6) is 0.495. The summed E-state index contributed by atoms with van der Waals surface area (Å²) in [5.41, 5.74) is 2.36. The summed E-state index contributed by atoms with van der Waals surface area (Å²) in [7, 11) is 0. The first-order valence-electron chi connectivity index (χ1n) is 9.83. The highest BCUT2D eigenvalue weighted by Gasteiger charge is 2.34. The van der Waals surface area contributed by atoms with Crippen LogP contribution in [0.25, 0.3) is 0 Å². The Labute approximate surface area is 155 Å². The molecule has 1 N–H and O–H groups in total. The van der Waals surface area contributed by atoms with Crippen LogP contribution in [0, 0.1) is 5.92 Å². The van der Waals surface area contributed by atoms with Crippen LogP contribution in [-0.2, 0) is 16.0 Å². The van der Waals surface area contributed by atoms with E-state index in [1.807, 2.05) is 4.90 Å². The van der Waals surface area contributed by atoms with E-state index in [1.54, 1.807) is 0 Å². The summed E-state index contributed by atoms with van der Waals surface area (Å²) >= 11 is 0. The van der Waals surface area contributed by atoms with Gasteiger partial charge in [-0.25, -0.2) is 4.79 Å². The largest absolute Gasteiger partial charge is 0.381 e. The van der Waals surface area contributed by atoms with E-state index in [0.29, 0.717) is 18.5 Å². The van der Waals surface area contributed by atoms with Gasteiger partial charge in [0, 0.05) is 50.4 Å². The molecule has 3 aliphatic rings. The highest BCUT2D eigenvalue weighted by Crippen LogP contribution is 2.29. The van der Waals surface area contributed by atoms with Crippen molar-refractivity contribution in [1.82, 2.24) is 10.2 Å². The number of ether oxygens (including phenoxy) is 2. The second-order valence-electron chi connectivity index (χ2n) is 7.54. The molecule has 26 heavy (non-hydrogen) atoms. The molecule has 142 valence electrons. The summed E-state index contributed by atoms with van der Waals surface area (Å²) in [6.07, 6.45) is 3.34. The third-order valence-corrected chi connectivity index (χ3v) is 5.48. The van der Waals surface area contributed by atoms with Crippen molar-refractivity contribution in [2.24, 2.45) is 5.92 Å². The average Bonchev–Trinajstić information content (AvgIpc) is 3.40. The molecule has 3 fully saturated rings. The first-order valence-corrected chi connectivity index (χ1v) is 9.83. The molecule has 0 aromatic heterocycles. The molecule has 1 aromatic rings. The number of carbonyl (C=O) groups is 1. The predicted octanol–water partition coefficient (Wildman–Crippen LogP) is 2.23. The fourth-order valence-electron chi connectivity index (χ4n) is 3.71. The molecule has 1 atom stereocenters. The number of hydrogen-bond donors (Lipinski definition) is 1. The minimum Gasteiger partial charge on any atom is -0.381 e. The molecule has 2 heterocycles. The smallest absolute Gasteiger partial charge is 0.317 e. The van der Waals surface area contributed by atoms with Crippen LogP contribution in [0.4, 0.5) is 10.5 Å². The predicted molar refractivity (Wildman–Crippen MR) is 100 cm³/mol. The lowest BCUT2D eigenvalue weighted by Crippen LogP contribution is -2.43. The Morgan fingerprint density at radius 1 is 1.08 bits per heavy atom. The number of rotatable bonds is 6. The van der Waals surface area contributed by atoms with Crippen LogP contribution >= 0.6 is 0 Å². The van der Waals surface area contributed by atoms with Gasteiger partial charge in [0.15, 0.2) is 0 Å². The van der Waals surface area contributed by atoms with Crippen molar-refractivity contribution in [2.75, 3.05) is 51.0 Å². The fourth-order valence-corrected chi connectivity index (χ4v) is 3.71. The quantitative estimate of drug-likeness (QED) is 0.846. The monoisotopic (exact) mass is 359 g/mol. The Kier molecular flexibility index (Phi) is 5.60. The lowest BCUT2D eigenvalue weighted by molar-refractivity contribution is 0.122. The maximum Gasteiger partial charge on any atom is 0.317 e. The minimum atomic E-state index is 0.0663. The van der Waals surface area contributed by atoms with Crippen LogP contribution in [0.3, 0.4) is 0 Å². The number of urea groups is 1. The maximum atomic E-state index is 12.7. The molecule has 6 nitrogen and oxygen atoms in total. The van der Waals surface area contributed by atoms with Crippen LogP contribution in [0.5, 0.6) is 0 Å². The molecular formula is C20H29N3O3. The van der Waals surface area contributed by atoms with Gasteiger partial charge in [0.1, 0.15) is 0 Å². The molecule has 2 amide bonds. The molecule has 0 bridgehead atoms. The van der Waals surface area contributed by atoms with E-state index in [-0.39, 0.29) is 6.03 Å². The number of anilines is 1. The topological polar surface area (TPSA) is 54.0 Å². The molecule has 1 aliphatic carbocycles. The van der Waals surface area contributed by atoms with Crippen molar-refractivity contribution in [3.05, 3.63) is 29.8 Å². The molecule has 0 radical (unpaired) electrons. The molecule has 2 aliphatic heterocycles. The third kappa shape index (κ3) is 4.48. The van der Waals surface area contributed by atoms with Gasteiger partial charge in [-0.2, -0.15) is 0 Å². The van der Waals surface area contributed by atoms with Gasteiger partial charge in [-0.05, 0) is 37.0 Å². The zero-order chi connectivity index (χ0) is 17.8. The van der Waals surface area contributed by atoms with Crippen molar-refractivity contribution < 1.29 is 14.3 Å². The Hall–Kier alpha value is -1.79. The highest BCUT2D eigenvalue weighted by atomic mass is 16.5.